The van der Waals surface area contributed by atoms with Crippen molar-refractivity contribution in [1.29, 1.82) is 0 Å². The smallest absolute Gasteiger partial charge is 0.290 e. The minimum absolute atomic E-state index is 0.231. The molecule has 0 unspecified atom stereocenters. The molecule has 0 aromatic heterocycles. The summed E-state index contributed by atoms with van der Waals surface area (Å²) in [6, 6.07) is 1.48. The molecule has 65 valence electrons. The number of benzene rings is 1. The highest BCUT2D eigenvalue weighted by atomic mass is 19.4. The highest BCUT2D eigenvalue weighted by molar-refractivity contribution is 5.30. The number of alkyl halides is 3. The largest absolute Gasteiger partial charge is 0.419 e. The Morgan fingerprint density at radius 2 is 1.75 bits per heavy atom. The molecule has 1 aromatic carbocycles. The van der Waals surface area contributed by atoms with Gasteiger partial charge in [-0.2, -0.15) is 13.2 Å². The van der Waals surface area contributed by atoms with E-state index in [-0.39, 0.29) is 6.07 Å². The molecule has 0 heterocycles. The van der Waals surface area contributed by atoms with E-state index >= 15 is 0 Å². The summed E-state index contributed by atoms with van der Waals surface area (Å²) in [5.41, 5.74) is -1.52. The fourth-order valence-electron chi connectivity index (χ4n) is 0.722. The summed E-state index contributed by atoms with van der Waals surface area (Å²) in [6.45, 7) is 0. The average molecular weight is 179 g/mol. The van der Waals surface area contributed by atoms with Crippen LogP contribution in [0.15, 0.2) is 18.2 Å². The monoisotopic (exact) mass is 179 g/mol. The summed E-state index contributed by atoms with van der Waals surface area (Å²) in [7, 11) is 0. The van der Waals surface area contributed by atoms with Crippen LogP contribution in [0.5, 0.6) is 5.75 Å². The minimum Gasteiger partial charge on any atom is -0.290 e. The third kappa shape index (κ3) is 1.66. The molecular weight excluding hydrogens is 176 g/mol. The Morgan fingerprint density at radius 1 is 1.17 bits per heavy atom. The zero-order valence-corrected chi connectivity index (χ0v) is 5.65. The van der Waals surface area contributed by atoms with Crippen LogP contribution < -0.4 is 0 Å². The normalized spacial score (nSPS) is 11.7. The Balaban J connectivity index is 3.23. The maximum atomic E-state index is 12.4. The molecule has 1 nitrogen and oxygen atoms in total. The highest BCUT2D eigenvalue weighted by Crippen LogP contribution is 2.33. The van der Waals surface area contributed by atoms with Gasteiger partial charge in [0.15, 0.2) is 5.75 Å². The second kappa shape index (κ2) is 2.66. The molecule has 0 N–H and O–H groups in total. The standard InChI is InChI=1S/C7H3F4O/c8-6-2-1-4(12)3-5(6)7(9,10)11/h1-3H. The van der Waals surface area contributed by atoms with Gasteiger partial charge in [0.2, 0.25) is 0 Å². The van der Waals surface area contributed by atoms with Gasteiger partial charge in [-0.05, 0) is 12.1 Å². The van der Waals surface area contributed by atoms with Gasteiger partial charge in [0.25, 0.3) is 0 Å². The van der Waals surface area contributed by atoms with Crippen molar-refractivity contribution in [1.82, 2.24) is 0 Å². The molecule has 1 aromatic rings. The van der Waals surface area contributed by atoms with Gasteiger partial charge in [-0.15, -0.1) is 0 Å². The van der Waals surface area contributed by atoms with Gasteiger partial charge in [-0.3, -0.25) is 5.11 Å². The van der Waals surface area contributed by atoms with Crippen molar-refractivity contribution in [2.45, 2.75) is 6.18 Å². The first-order valence-corrected chi connectivity index (χ1v) is 2.95. The lowest BCUT2D eigenvalue weighted by molar-refractivity contribution is -0.140. The zero-order valence-electron chi connectivity index (χ0n) is 5.65. The third-order valence-corrected chi connectivity index (χ3v) is 1.24. The van der Waals surface area contributed by atoms with E-state index in [4.69, 9.17) is 0 Å². The summed E-state index contributed by atoms with van der Waals surface area (Å²) >= 11 is 0. The van der Waals surface area contributed by atoms with Gasteiger partial charge in [0.05, 0.1) is 5.56 Å². The molecule has 0 spiro atoms. The predicted molar refractivity (Wildman–Crippen MR) is 31.5 cm³/mol. The van der Waals surface area contributed by atoms with E-state index in [1.54, 1.807) is 0 Å². The first kappa shape index (κ1) is 8.83. The van der Waals surface area contributed by atoms with Crippen molar-refractivity contribution in [2.24, 2.45) is 0 Å². The molecule has 0 aliphatic heterocycles. The highest BCUT2D eigenvalue weighted by Gasteiger charge is 2.34. The van der Waals surface area contributed by atoms with Crippen LogP contribution in [0.4, 0.5) is 17.6 Å². The Kier molecular flexibility index (Phi) is 1.95. The molecule has 0 aliphatic rings. The molecule has 0 aliphatic carbocycles. The first-order valence-electron chi connectivity index (χ1n) is 2.95. The molecule has 0 fully saturated rings. The van der Waals surface area contributed by atoms with Crippen LogP contribution in [0.1, 0.15) is 5.56 Å². The molecule has 0 bridgehead atoms. The van der Waals surface area contributed by atoms with Gasteiger partial charge in [-0.25, -0.2) is 4.39 Å². The Hall–Kier alpha value is -1.26. The average Bonchev–Trinajstić information content (AvgIpc) is 1.92. The van der Waals surface area contributed by atoms with Crippen molar-refractivity contribution < 1.29 is 22.7 Å². The molecule has 0 atom stereocenters. The summed E-state index contributed by atoms with van der Waals surface area (Å²) in [4.78, 5) is 0. The van der Waals surface area contributed by atoms with Gasteiger partial charge in [-0.1, -0.05) is 0 Å². The number of rotatable bonds is 0. The fraction of sp³-hybridized carbons (Fsp3) is 0.143. The van der Waals surface area contributed by atoms with Crippen LogP contribution in [-0.2, 0) is 11.3 Å². The molecule has 1 rings (SSSR count). The van der Waals surface area contributed by atoms with E-state index in [0.717, 1.165) is 6.07 Å². The van der Waals surface area contributed by atoms with Gasteiger partial charge in [0.1, 0.15) is 5.82 Å². The summed E-state index contributed by atoms with van der Waals surface area (Å²) in [5.74, 6) is -2.29. The first-order chi connectivity index (χ1) is 5.41. The van der Waals surface area contributed by atoms with Crippen LogP contribution >= 0.6 is 0 Å². The second-order valence-corrected chi connectivity index (χ2v) is 2.14. The quantitative estimate of drug-likeness (QED) is 0.545. The fourth-order valence-corrected chi connectivity index (χ4v) is 0.722. The molecule has 0 saturated heterocycles. The van der Waals surface area contributed by atoms with E-state index in [1.165, 1.54) is 0 Å². The SMILES string of the molecule is [O]c1ccc(F)c(C(F)(F)F)c1. The van der Waals surface area contributed by atoms with Crippen molar-refractivity contribution in [3.63, 3.8) is 0 Å². The van der Waals surface area contributed by atoms with Crippen molar-refractivity contribution in [3.05, 3.63) is 29.6 Å². The minimum atomic E-state index is -4.80. The maximum absolute atomic E-state index is 12.4. The molecule has 0 saturated carbocycles. The molecule has 1 radical (unpaired) electrons. The topological polar surface area (TPSA) is 19.9 Å². The van der Waals surface area contributed by atoms with Crippen molar-refractivity contribution >= 4 is 0 Å². The third-order valence-electron chi connectivity index (χ3n) is 1.24. The lowest BCUT2D eigenvalue weighted by Crippen LogP contribution is -2.07. The van der Waals surface area contributed by atoms with E-state index in [9.17, 15) is 22.7 Å². The maximum Gasteiger partial charge on any atom is 0.419 e. The van der Waals surface area contributed by atoms with Crippen LogP contribution in [0, 0.1) is 5.82 Å². The van der Waals surface area contributed by atoms with Crippen molar-refractivity contribution in [3.8, 4) is 5.75 Å². The van der Waals surface area contributed by atoms with Gasteiger partial charge < -0.3 is 0 Å². The molecular formula is C7H3F4O. The van der Waals surface area contributed by atoms with E-state index in [0.29, 0.717) is 6.07 Å². The Bertz CT molecular complexity index is 292. The van der Waals surface area contributed by atoms with Crippen molar-refractivity contribution in [2.75, 3.05) is 0 Å². The van der Waals surface area contributed by atoms with E-state index < -0.39 is 23.3 Å². The Labute approximate surface area is 65.3 Å². The van der Waals surface area contributed by atoms with Crippen LogP contribution in [-0.4, -0.2) is 0 Å². The predicted octanol–water partition coefficient (Wildman–Crippen LogP) is 2.99. The number of halogens is 4. The summed E-state index contributed by atoms with van der Waals surface area (Å²) < 4.78 is 48.0. The lowest BCUT2D eigenvalue weighted by atomic mass is 10.2. The van der Waals surface area contributed by atoms with Gasteiger partial charge in [0, 0.05) is 6.07 Å². The molecule has 0 amide bonds. The zero-order chi connectivity index (χ0) is 9.35. The lowest BCUT2D eigenvalue weighted by Gasteiger charge is -2.06. The summed E-state index contributed by atoms with van der Waals surface area (Å²) in [6.07, 6.45) is -4.80. The number of hydrogen-bond donors (Lipinski definition) is 0. The number of hydrogen-bond acceptors (Lipinski definition) is 0. The Morgan fingerprint density at radius 3 is 2.17 bits per heavy atom. The second-order valence-electron chi connectivity index (χ2n) is 2.14. The van der Waals surface area contributed by atoms with Crippen LogP contribution in [0.3, 0.4) is 0 Å². The molecule has 12 heavy (non-hydrogen) atoms. The summed E-state index contributed by atoms with van der Waals surface area (Å²) in [5, 5.41) is 10.4. The van der Waals surface area contributed by atoms with Gasteiger partial charge >= 0.3 is 6.18 Å². The van der Waals surface area contributed by atoms with Crippen LogP contribution in [0.2, 0.25) is 0 Å². The van der Waals surface area contributed by atoms with E-state index in [1.807, 2.05) is 0 Å². The van der Waals surface area contributed by atoms with Crippen LogP contribution in [0.25, 0.3) is 0 Å². The van der Waals surface area contributed by atoms with E-state index in [2.05, 4.69) is 0 Å². The molecule has 5 heteroatoms.